The number of carbonyl (C=O) groups excluding carboxylic acids is 1. The SMILES string of the molecule is NCP(=O)(O)OC(=O)C(=O)O. The van der Waals surface area contributed by atoms with Gasteiger partial charge in [0, 0.05) is 0 Å². The summed E-state index contributed by atoms with van der Waals surface area (Å²) in [5.41, 5.74) is 4.67. The number of rotatable bonds is 2. The molecule has 0 heterocycles. The van der Waals surface area contributed by atoms with Gasteiger partial charge in [0.25, 0.3) is 0 Å². The summed E-state index contributed by atoms with van der Waals surface area (Å²) < 4.78 is 14.0. The molecular weight excluding hydrogens is 177 g/mol. The fourth-order valence-electron chi connectivity index (χ4n) is 0.206. The Kier molecular flexibility index (Phi) is 3.18. The summed E-state index contributed by atoms with van der Waals surface area (Å²) in [7, 11) is -4.24. The van der Waals surface area contributed by atoms with E-state index in [0.29, 0.717) is 0 Å². The van der Waals surface area contributed by atoms with Crippen molar-refractivity contribution in [3.05, 3.63) is 0 Å². The summed E-state index contributed by atoms with van der Waals surface area (Å²) in [6.07, 6.45) is -0.800. The number of hydrogen-bond acceptors (Lipinski definition) is 5. The topological polar surface area (TPSA) is 127 Å². The maximum atomic E-state index is 10.4. The van der Waals surface area contributed by atoms with E-state index < -0.39 is 25.8 Å². The molecule has 0 aromatic heterocycles. The minimum Gasteiger partial charge on any atom is -0.473 e. The van der Waals surface area contributed by atoms with Crippen LogP contribution in [0.25, 0.3) is 0 Å². The van der Waals surface area contributed by atoms with Gasteiger partial charge in [0.05, 0.1) is 0 Å². The van der Waals surface area contributed by atoms with Crippen LogP contribution in [0.4, 0.5) is 0 Å². The van der Waals surface area contributed by atoms with E-state index in [0.717, 1.165) is 0 Å². The average Bonchev–Trinajstić information content (AvgIpc) is 1.87. The molecule has 0 bridgehead atoms. The van der Waals surface area contributed by atoms with Crippen LogP contribution in [0.1, 0.15) is 0 Å². The molecule has 0 aromatic rings. The number of carboxylic acid groups (broad SMARTS) is 1. The largest absolute Gasteiger partial charge is 0.473 e. The molecule has 11 heavy (non-hydrogen) atoms. The van der Waals surface area contributed by atoms with E-state index in [1.54, 1.807) is 0 Å². The molecule has 0 fully saturated rings. The van der Waals surface area contributed by atoms with Gasteiger partial charge in [0.2, 0.25) is 0 Å². The molecule has 0 aliphatic carbocycles. The summed E-state index contributed by atoms with van der Waals surface area (Å²) in [6.45, 7) is 0. The van der Waals surface area contributed by atoms with Crippen LogP contribution in [-0.2, 0) is 18.7 Å². The first-order valence-electron chi connectivity index (χ1n) is 2.38. The molecule has 0 rings (SSSR count). The van der Waals surface area contributed by atoms with Crippen LogP contribution in [0.5, 0.6) is 0 Å². The zero-order valence-electron chi connectivity index (χ0n) is 5.26. The molecular formula is C3H6NO6P. The Balaban J connectivity index is 4.16. The highest BCUT2D eigenvalue weighted by Gasteiger charge is 2.25. The van der Waals surface area contributed by atoms with Crippen LogP contribution >= 0.6 is 7.60 Å². The highest BCUT2D eigenvalue weighted by Crippen LogP contribution is 2.39. The highest BCUT2D eigenvalue weighted by molar-refractivity contribution is 7.53. The van der Waals surface area contributed by atoms with Gasteiger partial charge < -0.3 is 20.3 Å². The normalized spacial score (nSPS) is 15.1. The minimum absolute atomic E-state index is 0.800. The van der Waals surface area contributed by atoms with Crippen LogP contribution in [0.15, 0.2) is 0 Å². The lowest BCUT2D eigenvalue weighted by Gasteiger charge is -2.05. The molecule has 8 heteroatoms. The van der Waals surface area contributed by atoms with Crippen molar-refractivity contribution in [1.29, 1.82) is 0 Å². The van der Waals surface area contributed by atoms with E-state index in [2.05, 4.69) is 10.3 Å². The second-order valence-corrected chi connectivity index (χ2v) is 3.33. The summed E-state index contributed by atoms with van der Waals surface area (Å²) in [4.78, 5) is 28.3. The van der Waals surface area contributed by atoms with Gasteiger partial charge in [0.15, 0.2) is 0 Å². The van der Waals surface area contributed by atoms with E-state index in [1.807, 2.05) is 0 Å². The number of carboxylic acids is 1. The van der Waals surface area contributed by atoms with Gasteiger partial charge in [0.1, 0.15) is 6.29 Å². The third-order valence-electron chi connectivity index (χ3n) is 0.631. The predicted octanol–water partition coefficient (Wildman–Crippen LogP) is -1.28. The van der Waals surface area contributed by atoms with Crippen molar-refractivity contribution in [1.82, 2.24) is 0 Å². The Labute approximate surface area is 61.3 Å². The molecule has 0 saturated heterocycles. The quantitative estimate of drug-likeness (QED) is 0.359. The fraction of sp³-hybridized carbons (Fsp3) is 0.333. The summed E-state index contributed by atoms with van der Waals surface area (Å²) in [6, 6.07) is 0. The van der Waals surface area contributed by atoms with E-state index >= 15 is 0 Å². The predicted molar refractivity (Wildman–Crippen MR) is 32.6 cm³/mol. The van der Waals surface area contributed by atoms with Crippen molar-refractivity contribution in [2.24, 2.45) is 5.73 Å². The molecule has 0 aromatic carbocycles. The smallest absolute Gasteiger partial charge is 0.423 e. The van der Waals surface area contributed by atoms with Crippen molar-refractivity contribution in [2.45, 2.75) is 0 Å². The first-order valence-corrected chi connectivity index (χ1v) is 4.14. The van der Waals surface area contributed by atoms with Crippen LogP contribution < -0.4 is 5.73 Å². The zero-order valence-corrected chi connectivity index (χ0v) is 6.15. The average molecular weight is 183 g/mol. The maximum Gasteiger partial charge on any atom is 0.423 e. The van der Waals surface area contributed by atoms with Gasteiger partial charge in [-0.1, -0.05) is 0 Å². The van der Waals surface area contributed by atoms with E-state index in [-0.39, 0.29) is 0 Å². The summed E-state index contributed by atoms with van der Waals surface area (Å²) >= 11 is 0. The molecule has 0 radical (unpaired) electrons. The third-order valence-corrected chi connectivity index (χ3v) is 1.54. The number of carbonyl (C=O) groups is 2. The monoisotopic (exact) mass is 183 g/mol. The second-order valence-electron chi connectivity index (χ2n) is 1.50. The Bertz CT molecular complexity index is 224. The molecule has 0 spiro atoms. The van der Waals surface area contributed by atoms with Crippen molar-refractivity contribution in [2.75, 3.05) is 6.29 Å². The van der Waals surface area contributed by atoms with Crippen LogP contribution in [0.2, 0.25) is 0 Å². The molecule has 1 atom stereocenters. The summed E-state index contributed by atoms with van der Waals surface area (Å²) in [5, 5.41) is 7.89. The zero-order chi connectivity index (χ0) is 9.07. The first kappa shape index (κ1) is 10.1. The Morgan fingerprint density at radius 1 is 1.55 bits per heavy atom. The number of nitrogens with two attached hydrogens (primary N) is 1. The molecule has 0 saturated carbocycles. The van der Waals surface area contributed by atoms with Crippen LogP contribution in [0, 0.1) is 0 Å². The Morgan fingerprint density at radius 3 is 2.27 bits per heavy atom. The first-order chi connectivity index (χ1) is 4.89. The van der Waals surface area contributed by atoms with Gasteiger partial charge in [-0.25, -0.2) is 14.2 Å². The molecule has 7 nitrogen and oxygen atoms in total. The van der Waals surface area contributed by atoms with Gasteiger partial charge in [-0.05, 0) is 0 Å². The van der Waals surface area contributed by atoms with E-state index in [4.69, 9.17) is 10.00 Å². The molecule has 64 valence electrons. The molecule has 0 amide bonds. The molecule has 0 aliphatic heterocycles. The van der Waals surface area contributed by atoms with E-state index in [1.165, 1.54) is 0 Å². The standard InChI is InChI=1S/C3H6NO6P/c4-1-11(8,9)10-3(7)2(5)6/h1,4H2,(H,5,6)(H,8,9). The van der Waals surface area contributed by atoms with Crippen LogP contribution in [0.3, 0.4) is 0 Å². The lowest BCUT2D eigenvalue weighted by molar-refractivity contribution is -0.158. The molecule has 4 N–H and O–H groups in total. The second kappa shape index (κ2) is 3.47. The minimum atomic E-state index is -4.24. The molecule has 0 aliphatic rings. The Morgan fingerprint density at radius 2 is 2.00 bits per heavy atom. The number of hydrogen-bond donors (Lipinski definition) is 3. The number of aliphatic carboxylic acids is 1. The van der Waals surface area contributed by atoms with Crippen LogP contribution in [-0.4, -0.2) is 28.2 Å². The van der Waals surface area contributed by atoms with Gasteiger partial charge in [-0.3, -0.25) is 0 Å². The third kappa shape index (κ3) is 3.72. The maximum absolute atomic E-state index is 10.4. The van der Waals surface area contributed by atoms with Crippen molar-refractivity contribution in [3.8, 4) is 0 Å². The molecule has 1 unspecified atom stereocenters. The Hall–Kier alpha value is -0.910. The van der Waals surface area contributed by atoms with Gasteiger partial charge in [-0.2, -0.15) is 0 Å². The van der Waals surface area contributed by atoms with Gasteiger partial charge >= 0.3 is 19.5 Å². The summed E-state index contributed by atoms with van der Waals surface area (Å²) in [5.74, 6) is -3.73. The highest BCUT2D eigenvalue weighted by atomic mass is 31.2. The lowest BCUT2D eigenvalue weighted by Crippen LogP contribution is -2.17. The van der Waals surface area contributed by atoms with Crippen molar-refractivity contribution >= 4 is 19.5 Å². The van der Waals surface area contributed by atoms with Gasteiger partial charge in [-0.15, -0.1) is 0 Å². The lowest BCUT2D eigenvalue weighted by atomic mass is 10.7. The van der Waals surface area contributed by atoms with E-state index in [9.17, 15) is 14.2 Å². The van der Waals surface area contributed by atoms with Crippen molar-refractivity contribution < 1.29 is 28.7 Å². The van der Waals surface area contributed by atoms with Crippen molar-refractivity contribution in [3.63, 3.8) is 0 Å². The fourth-order valence-corrected chi connectivity index (χ4v) is 0.618.